The zero-order valence-electron chi connectivity index (χ0n) is 11.9. The van der Waals surface area contributed by atoms with Gasteiger partial charge in [0.1, 0.15) is 11.5 Å². The van der Waals surface area contributed by atoms with E-state index >= 15 is 0 Å². The summed E-state index contributed by atoms with van der Waals surface area (Å²) in [5.41, 5.74) is 9.26. The summed E-state index contributed by atoms with van der Waals surface area (Å²) in [6.45, 7) is 0. The molecule has 3 nitrogen and oxygen atoms in total. The summed E-state index contributed by atoms with van der Waals surface area (Å²) >= 11 is 0. The van der Waals surface area contributed by atoms with Crippen molar-refractivity contribution >= 4 is 5.69 Å². The third kappa shape index (κ3) is 2.92. The summed E-state index contributed by atoms with van der Waals surface area (Å²) < 4.78 is 5.77. The van der Waals surface area contributed by atoms with Gasteiger partial charge in [-0.2, -0.15) is 5.26 Å². The highest BCUT2D eigenvalue weighted by molar-refractivity contribution is 5.65. The van der Waals surface area contributed by atoms with Gasteiger partial charge in [-0.15, -0.1) is 0 Å². The zero-order chi connectivity index (χ0) is 15.4. The number of ether oxygens (including phenoxy) is 1. The number of nitrogen functional groups attached to an aromatic ring is 1. The second-order valence-corrected chi connectivity index (χ2v) is 4.85. The minimum atomic E-state index is 0.610. The highest BCUT2D eigenvalue weighted by Crippen LogP contribution is 2.29. The number of anilines is 1. The number of hydrogen-bond acceptors (Lipinski definition) is 3. The third-order valence-corrected chi connectivity index (χ3v) is 3.35. The standard InChI is InChI=1S/C19H14N2O/c20-13-14-5-7-15(8-6-14)16-9-11-17(12-10-16)22-19-4-2-1-3-18(19)21/h1-12H,21H2. The maximum atomic E-state index is 8.82. The Kier molecular flexibility index (Phi) is 3.76. The molecule has 2 N–H and O–H groups in total. The van der Waals surface area contributed by atoms with E-state index in [9.17, 15) is 0 Å². The normalized spacial score (nSPS) is 9.95. The Hall–Kier alpha value is -3.25. The van der Waals surface area contributed by atoms with Crippen molar-refractivity contribution in [3.8, 4) is 28.7 Å². The number of rotatable bonds is 3. The molecule has 22 heavy (non-hydrogen) atoms. The molecule has 3 aromatic rings. The quantitative estimate of drug-likeness (QED) is 0.716. The maximum Gasteiger partial charge on any atom is 0.150 e. The second-order valence-electron chi connectivity index (χ2n) is 4.85. The molecule has 0 saturated carbocycles. The molecule has 0 amide bonds. The molecule has 0 saturated heterocycles. The van der Waals surface area contributed by atoms with Crippen LogP contribution >= 0.6 is 0 Å². The van der Waals surface area contributed by atoms with E-state index in [0.717, 1.165) is 16.9 Å². The van der Waals surface area contributed by atoms with Gasteiger partial charge in [0.2, 0.25) is 0 Å². The molecule has 0 radical (unpaired) electrons. The summed E-state index contributed by atoms with van der Waals surface area (Å²) in [7, 11) is 0. The Balaban J connectivity index is 1.80. The van der Waals surface area contributed by atoms with E-state index in [1.165, 1.54) is 0 Å². The van der Waals surface area contributed by atoms with Crippen LogP contribution in [0, 0.1) is 11.3 Å². The lowest BCUT2D eigenvalue weighted by Gasteiger charge is -2.09. The molecule has 0 aliphatic carbocycles. The molecule has 0 aromatic heterocycles. The number of nitrogens with zero attached hydrogens (tertiary/aromatic N) is 1. The van der Waals surface area contributed by atoms with Crippen LogP contribution in [0.5, 0.6) is 11.5 Å². The Labute approximate surface area is 129 Å². The number of nitrogens with two attached hydrogens (primary N) is 1. The number of benzene rings is 3. The average molecular weight is 286 g/mol. The van der Waals surface area contributed by atoms with Crippen LogP contribution in [-0.4, -0.2) is 0 Å². The minimum absolute atomic E-state index is 0.610. The van der Waals surface area contributed by atoms with Crippen molar-refractivity contribution in [1.29, 1.82) is 5.26 Å². The maximum absolute atomic E-state index is 8.82. The molecule has 0 aliphatic heterocycles. The molecule has 0 bridgehead atoms. The van der Waals surface area contributed by atoms with Crippen molar-refractivity contribution in [3.05, 3.63) is 78.4 Å². The fourth-order valence-electron chi connectivity index (χ4n) is 2.15. The largest absolute Gasteiger partial charge is 0.455 e. The van der Waals surface area contributed by atoms with Crippen LogP contribution in [0.2, 0.25) is 0 Å². The first-order valence-electron chi connectivity index (χ1n) is 6.89. The van der Waals surface area contributed by atoms with Crippen LogP contribution in [0.4, 0.5) is 5.69 Å². The van der Waals surface area contributed by atoms with Gasteiger partial charge < -0.3 is 10.5 Å². The van der Waals surface area contributed by atoms with Gasteiger partial charge in [-0.05, 0) is 47.5 Å². The van der Waals surface area contributed by atoms with Crippen molar-refractivity contribution < 1.29 is 4.74 Å². The lowest BCUT2D eigenvalue weighted by molar-refractivity contribution is 0.485. The lowest BCUT2D eigenvalue weighted by atomic mass is 10.0. The van der Waals surface area contributed by atoms with E-state index in [2.05, 4.69) is 6.07 Å². The van der Waals surface area contributed by atoms with Crippen molar-refractivity contribution in [3.63, 3.8) is 0 Å². The summed E-state index contributed by atoms with van der Waals surface area (Å²) in [6, 6.07) is 24.8. The second kappa shape index (κ2) is 6.02. The van der Waals surface area contributed by atoms with Gasteiger partial charge in [0, 0.05) is 0 Å². The predicted molar refractivity (Wildman–Crippen MR) is 87.5 cm³/mol. The van der Waals surface area contributed by atoms with E-state index in [1.54, 1.807) is 6.07 Å². The molecule has 0 fully saturated rings. The highest BCUT2D eigenvalue weighted by atomic mass is 16.5. The fraction of sp³-hybridized carbons (Fsp3) is 0. The molecule has 106 valence electrons. The van der Waals surface area contributed by atoms with Gasteiger partial charge in [-0.1, -0.05) is 36.4 Å². The summed E-state index contributed by atoms with van der Waals surface area (Å²) in [6.07, 6.45) is 0. The first kappa shape index (κ1) is 13.7. The van der Waals surface area contributed by atoms with Gasteiger partial charge in [0.25, 0.3) is 0 Å². The van der Waals surface area contributed by atoms with Crippen LogP contribution in [0.1, 0.15) is 5.56 Å². The Bertz CT molecular complexity index is 815. The van der Waals surface area contributed by atoms with Gasteiger partial charge in [0.15, 0.2) is 0 Å². The van der Waals surface area contributed by atoms with Crippen LogP contribution in [0.25, 0.3) is 11.1 Å². The monoisotopic (exact) mass is 286 g/mol. The summed E-state index contributed by atoms with van der Waals surface area (Å²) in [5.74, 6) is 1.38. The van der Waals surface area contributed by atoms with Crippen LogP contribution in [0.3, 0.4) is 0 Å². The molecule has 0 spiro atoms. The highest BCUT2D eigenvalue weighted by Gasteiger charge is 2.02. The van der Waals surface area contributed by atoms with E-state index in [0.29, 0.717) is 17.0 Å². The van der Waals surface area contributed by atoms with Crippen molar-refractivity contribution in [1.82, 2.24) is 0 Å². The number of para-hydroxylation sites is 2. The Morgan fingerprint density at radius 2 is 1.36 bits per heavy atom. The van der Waals surface area contributed by atoms with E-state index < -0.39 is 0 Å². The first-order valence-corrected chi connectivity index (χ1v) is 6.89. The molecular formula is C19H14N2O. The first-order chi connectivity index (χ1) is 10.8. The topological polar surface area (TPSA) is 59.0 Å². The van der Waals surface area contributed by atoms with E-state index in [4.69, 9.17) is 15.7 Å². The van der Waals surface area contributed by atoms with Crippen molar-refractivity contribution in [2.24, 2.45) is 0 Å². The fourth-order valence-corrected chi connectivity index (χ4v) is 2.15. The van der Waals surface area contributed by atoms with E-state index in [-0.39, 0.29) is 0 Å². The van der Waals surface area contributed by atoms with Crippen molar-refractivity contribution in [2.75, 3.05) is 5.73 Å². The molecule has 0 heterocycles. The SMILES string of the molecule is N#Cc1ccc(-c2ccc(Oc3ccccc3N)cc2)cc1. The summed E-state index contributed by atoms with van der Waals surface area (Å²) in [5, 5.41) is 8.82. The van der Waals surface area contributed by atoms with Crippen LogP contribution in [0.15, 0.2) is 72.8 Å². The Morgan fingerprint density at radius 3 is 1.95 bits per heavy atom. The molecule has 3 heteroatoms. The number of hydrogen-bond donors (Lipinski definition) is 1. The van der Waals surface area contributed by atoms with Crippen molar-refractivity contribution in [2.45, 2.75) is 0 Å². The number of nitriles is 1. The van der Waals surface area contributed by atoms with Crippen LogP contribution in [-0.2, 0) is 0 Å². The van der Waals surface area contributed by atoms with Crippen LogP contribution < -0.4 is 10.5 Å². The Morgan fingerprint density at radius 1 is 0.773 bits per heavy atom. The molecule has 0 atom stereocenters. The predicted octanol–water partition coefficient (Wildman–Crippen LogP) is 4.60. The smallest absolute Gasteiger partial charge is 0.150 e. The molecule has 0 unspecified atom stereocenters. The molecule has 3 rings (SSSR count). The zero-order valence-corrected chi connectivity index (χ0v) is 11.9. The molecule has 0 aliphatic rings. The average Bonchev–Trinajstić information content (AvgIpc) is 2.58. The molecular weight excluding hydrogens is 272 g/mol. The van der Waals surface area contributed by atoms with Gasteiger partial charge in [0.05, 0.1) is 17.3 Å². The summed E-state index contributed by atoms with van der Waals surface area (Å²) in [4.78, 5) is 0. The lowest BCUT2D eigenvalue weighted by Crippen LogP contribution is -1.91. The third-order valence-electron chi connectivity index (χ3n) is 3.35. The molecule has 3 aromatic carbocycles. The minimum Gasteiger partial charge on any atom is -0.455 e. The van der Waals surface area contributed by atoms with Gasteiger partial charge >= 0.3 is 0 Å². The van der Waals surface area contributed by atoms with Gasteiger partial charge in [-0.3, -0.25) is 0 Å². The van der Waals surface area contributed by atoms with Gasteiger partial charge in [-0.25, -0.2) is 0 Å². The van der Waals surface area contributed by atoms with E-state index in [1.807, 2.05) is 66.7 Å².